The number of aromatic nitrogens is 3. The smallest absolute Gasteiger partial charge is 0.411 e. The number of rotatable bonds is 8. The Hall–Kier alpha value is -3.92. The summed E-state index contributed by atoms with van der Waals surface area (Å²) in [4.78, 5) is 23.7. The van der Waals surface area contributed by atoms with Gasteiger partial charge < -0.3 is 30.4 Å². The first-order chi connectivity index (χ1) is 14.9. The molecule has 2 aromatic heterocycles. The molecule has 0 spiro atoms. The number of benzene rings is 1. The average molecular weight is 425 g/mol. The summed E-state index contributed by atoms with van der Waals surface area (Å²) in [5.41, 5.74) is 13.7. The fraction of sp³-hybridized carbons (Fsp3) is 0.238. The van der Waals surface area contributed by atoms with Crippen LogP contribution in [0.1, 0.15) is 24.3 Å². The number of pyridine rings is 1. The van der Waals surface area contributed by atoms with Gasteiger partial charge in [0.15, 0.2) is 17.3 Å². The number of carbonyl (C=O) groups is 1. The van der Waals surface area contributed by atoms with Crippen molar-refractivity contribution in [1.82, 2.24) is 15.0 Å². The molecule has 0 bridgehead atoms. The summed E-state index contributed by atoms with van der Waals surface area (Å²) in [5.74, 6) is 1.56. The van der Waals surface area contributed by atoms with Crippen molar-refractivity contribution < 1.29 is 23.7 Å². The van der Waals surface area contributed by atoms with Crippen LogP contribution < -0.4 is 25.7 Å². The molecule has 1 atom stereocenters. The third-order valence-corrected chi connectivity index (χ3v) is 4.39. The number of hydrogen-bond acceptors (Lipinski definition) is 9. The third kappa shape index (κ3) is 5.37. The number of anilines is 1. The van der Waals surface area contributed by atoms with Crippen molar-refractivity contribution in [3.8, 4) is 28.8 Å². The summed E-state index contributed by atoms with van der Waals surface area (Å²) in [6.45, 7) is 2.06. The lowest BCUT2D eigenvalue weighted by Gasteiger charge is -2.18. The monoisotopic (exact) mass is 425 g/mol. The molecule has 0 aliphatic carbocycles. The summed E-state index contributed by atoms with van der Waals surface area (Å²) >= 11 is 0. The Bertz CT molecular complexity index is 1060. The van der Waals surface area contributed by atoms with Crippen LogP contribution in [-0.4, -0.2) is 35.3 Å². The zero-order valence-electron chi connectivity index (χ0n) is 17.4. The minimum Gasteiger partial charge on any atom is -0.494 e. The van der Waals surface area contributed by atoms with E-state index >= 15 is 0 Å². The zero-order valence-corrected chi connectivity index (χ0v) is 17.4. The largest absolute Gasteiger partial charge is 0.494 e. The van der Waals surface area contributed by atoms with Crippen molar-refractivity contribution >= 4 is 11.8 Å². The van der Waals surface area contributed by atoms with Gasteiger partial charge in [-0.05, 0) is 30.7 Å². The highest BCUT2D eigenvalue weighted by molar-refractivity contribution is 5.74. The van der Waals surface area contributed by atoms with E-state index in [1.54, 1.807) is 37.7 Å². The van der Waals surface area contributed by atoms with Crippen molar-refractivity contribution in [2.75, 3.05) is 20.0 Å². The van der Waals surface area contributed by atoms with Crippen molar-refractivity contribution in [3.05, 3.63) is 54.0 Å². The number of nitrogen functional groups attached to an aromatic ring is 1. The SMILES string of the molecule is COc1cnc(-c2cc(C(C)OCc3cccc(OC(N)=O)n3)cc(N)c2OC)nc1. The second kappa shape index (κ2) is 9.72. The second-order valence-electron chi connectivity index (χ2n) is 6.48. The van der Waals surface area contributed by atoms with Gasteiger partial charge in [-0.3, -0.25) is 0 Å². The van der Waals surface area contributed by atoms with Gasteiger partial charge in [0, 0.05) is 6.07 Å². The summed E-state index contributed by atoms with van der Waals surface area (Å²) in [6, 6.07) is 8.61. The van der Waals surface area contributed by atoms with Crippen molar-refractivity contribution in [1.29, 1.82) is 0 Å². The Labute approximate surface area is 179 Å². The number of ether oxygens (including phenoxy) is 4. The van der Waals surface area contributed by atoms with Crippen molar-refractivity contribution in [2.45, 2.75) is 19.6 Å². The molecule has 0 fully saturated rings. The molecule has 1 unspecified atom stereocenters. The van der Waals surface area contributed by atoms with Gasteiger partial charge in [0.2, 0.25) is 5.88 Å². The van der Waals surface area contributed by atoms with Gasteiger partial charge in [-0.1, -0.05) is 6.07 Å². The van der Waals surface area contributed by atoms with Gasteiger partial charge in [0.05, 0.1) is 56.3 Å². The van der Waals surface area contributed by atoms with E-state index in [1.165, 1.54) is 13.2 Å². The topological polar surface area (TPSA) is 145 Å². The molecule has 31 heavy (non-hydrogen) atoms. The number of nitrogens with zero attached hydrogens (tertiary/aromatic N) is 3. The molecule has 0 saturated heterocycles. The van der Waals surface area contributed by atoms with Crippen LogP contribution in [-0.2, 0) is 11.3 Å². The van der Waals surface area contributed by atoms with Gasteiger partial charge in [-0.2, -0.15) is 0 Å². The first kappa shape index (κ1) is 21.8. The highest BCUT2D eigenvalue weighted by atomic mass is 16.6. The van der Waals surface area contributed by atoms with Crippen LogP contribution >= 0.6 is 0 Å². The Kier molecular flexibility index (Phi) is 6.83. The molecule has 0 saturated carbocycles. The van der Waals surface area contributed by atoms with Gasteiger partial charge in [-0.15, -0.1) is 0 Å². The van der Waals surface area contributed by atoms with Crippen LogP contribution in [0.15, 0.2) is 42.7 Å². The Morgan fingerprint density at radius 2 is 1.87 bits per heavy atom. The highest BCUT2D eigenvalue weighted by Gasteiger charge is 2.17. The Balaban J connectivity index is 1.81. The minimum atomic E-state index is -0.930. The lowest BCUT2D eigenvalue weighted by Crippen LogP contribution is -2.17. The van der Waals surface area contributed by atoms with Gasteiger partial charge in [0.1, 0.15) is 0 Å². The summed E-state index contributed by atoms with van der Waals surface area (Å²) in [6.07, 6.45) is 1.86. The highest BCUT2D eigenvalue weighted by Crippen LogP contribution is 2.37. The lowest BCUT2D eigenvalue weighted by atomic mass is 10.0. The van der Waals surface area contributed by atoms with Crippen LogP contribution in [0.4, 0.5) is 10.5 Å². The quantitative estimate of drug-likeness (QED) is 0.520. The van der Waals surface area contributed by atoms with Crippen LogP contribution in [0.25, 0.3) is 11.4 Å². The van der Waals surface area contributed by atoms with E-state index in [2.05, 4.69) is 15.0 Å². The van der Waals surface area contributed by atoms with E-state index in [4.69, 9.17) is 30.4 Å². The van der Waals surface area contributed by atoms with Gasteiger partial charge in [0.25, 0.3) is 0 Å². The molecule has 162 valence electrons. The maximum atomic E-state index is 10.9. The predicted molar refractivity (Wildman–Crippen MR) is 113 cm³/mol. The minimum absolute atomic E-state index is 0.105. The van der Waals surface area contributed by atoms with E-state index in [0.717, 1.165) is 5.56 Å². The molecule has 3 rings (SSSR count). The molecule has 3 aromatic rings. The van der Waals surface area contributed by atoms with Crippen LogP contribution in [0.2, 0.25) is 0 Å². The fourth-order valence-corrected chi connectivity index (χ4v) is 2.87. The molecule has 0 aliphatic heterocycles. The molecule has 1 aromatic carbocycles. The summed E-state index contributed by atoms with van der Waals surface area (Å²) in [7, 11) is 3.08. The molecule has 0 aliphatic rings. The molecular formula is C21H23N5O5. The molecule has 10 heteroatoms. The first-order valence-corrected chi connectivity index (χ1v) is 9.30. The number of hydrogen-bond donors (Lipinski definition) is 2. The summed E-state index contributed by atoms with van der Waals surface area (Å²) in [5, 5.41) is 0. The van der Waals surface area contributed by atoms with Crippen LogP contribution in [0.3, 0.4) is 0 Å². The average Bonchev–Trinajstić information content (AvgIpc) is 2.76. The number of primary amides is 1. The normalized spacial score (nSPS) is 11.6. The molecule has 0 radical (unpaired) electrons. The Morgan fingerprint density at radius 1 is 1.13 bits per heavy atom. The van der Waals surface area contributed by atoms with E-state index in [9.17, 15) is 4.79 Å². The lowest BCUT2D eigenvalue weighted by molar-refractivity contribution is 0.0503. The number of methoxy groups -OCH3 is 2. The van der Waals surface area contributed by atoms with E-state index < -0.39 is 6.09 Å². The second-order valence-corrected chi connectivity index (χ2v) is 6.48. The number of nitrogens with two attached hydrogens (primary N) is 2. The van der Waals surface area contributed by atoms with Gasteiger partial charge >= 0.3 is 6.09 Å². The Morgan fingerprint density at radius 3 is 2.52 bits per heavy atom. The predicted octanol–water partition coefficient (Wildman–Crippen LogP) is 2.87. The molecule has 10 nitrogen and oxygen atoms in total. The molecule has 2 heterocycles. The standard InChI is InChI=1S/C21H23N5O5/c1-12(30-11-14-5-4-6-18(26-14)31-21(23)27)13-7-16(19(29-3)17(22)8-13)20-24-9-15(28-2)10-25-20/h4-10,12H,11,22H2,1-3H3,(H2,23,27). The van der Waals surface area contributed by atoms with Crippen LogP contribution in [0, 0.1) is 0 Å². The summed E-state index contributed by atoms with van der Waals surface area (Å²) < 4.78 is 21.3. The first-order valence-electron chi connectivity index (χ1n) is 9.30. The van der Waals surface area contributed by atoms with Crippen molar-refractivity contribution in [3.63, 3.8) is 0 Å². The molecular weight excluding hydrogens is 402 g/mol. The van der Waals surface area contributed by atoms with E-state index in [-0.39, 0.29) is 18.6 Å². The fourth-order valence-electron chi connectivity index (χ4n) is 2.87. The van der Waals surface area contributed by atoms with Crippen molar-refractivity contribution in [2.24, 2.45) is 5.73 Å². The number of carbonyl (C=O) groups excluding carboxylic acids is 1. The maximum absolute atomic E-state index is 10.9. The maximum Gasteiger partial charge on any atom is 0.411 e. The van der Waals surface area contributed by atoms with Gasteiger partial charge in [-0.25, -0.2) is 19.7 Å². The third-order valence-electron chi connectivity index (χ3n) is 4.39. The zero-order chi connectivity index (χ0) is 22.4. The molecule has 4 N–H and O–H groups in total. The van der Waals surface area contributed by atoms with E-state index in [0.29, 0.717) is 34.3 Å². The number of amides is 1. The van der Waals surface area contributed by atoms with Crippen LogP contribution in [0.5, 0.6) is 17.4 Å². The van der Waals surface area contributed by atoms with E-state index in [1.807, 2.05) is 13.0 Å². The molecule has 1 amide bonds.